The normalized spacial score (nSPS) is 13.4. The van der Waals surface area contributed by atoms with Crippen LogP contribution in [0.25, 0.3) is 27.8 Å². The molecule has 204 valence electrons. The van der Waals surface area contributed by atoms with E-state index >= 15 is 0 Å². The molecule has 10 heteroatoms. The number of amides is 1. The summed E-state index contributed by atoms with van der Waals surface area (Å²) < 4.78 is 5.42. The zero-order valence-electron chi connectivity index (χ0n) is 22.5. The van der Waals surface area contributed by atoms with Crippen LogP contribution in [0.2, 0.25) is 0 Å². The molecule has 0 saturated carbocycles. The van der Waals surface area contributed by atoms with E-state index in [4.69, 9.17) is 5.73 Å². The van der Waals surface area contributed by atoms with Gasteiger partial charge in [-0.15, -0.1) is 0 Å². The molecule has 40 heavy (non-hydrogen) atoms. The highest BCUT2D eigenvalue weighted by Gasteiger charge is 2.28. The maximum atomic E-state index is 13.5. The number of nitrogens with one attached hydrogen (secondary N) is 1. The van der Waals surface area contributed by atoms with Crippen LogP contribution in [0.4, 0.5) is 11.5 Å². The molecule has 1 aliphatic heterocycles. The molecule has 1 amide bonds. The van der Waals surface area contributed by atoms with Crippen LogP contribution in [-0.4, -0.2) is 40.5 Å². The standard InChI is InChI=1S/C30H31N7O3/c1-30(2,40)17-35-16-22(24-26(31)32-18-33-27(24)35)19-11-13-20(14-12-19)34-28(38)25-23-10-6-7-15-36(23)37(29(25)39)21-8-4-3-5-9-21/h3-5,8-9,11-14,16,18,40H,6-7,10,15,17H2,1-2H3,(H,34,38)(H2,31,32,33). The van der Waals surface area contributed by atoms with Crippen LogP contribution in [0, 0.1) is 0 Å². The Morgan fingerprint density at radius 1 is 1.07 bits per heavy atom. The summed E-state index contributed by atoms with van der Waals surface area (Å²) in [5.41, 5.74) is 9.54. The van der Waals surface area contributed by atoms with E-state index in [1.807, 2.05) is 57.9 Å². The van der Waals surface area contributed by atoms with Gasteiger partial charge in [0.25, 0.3) is 11.5 Å². The van der Waals surface area contributed by atoms with Gasteiger partial charge in [-0.3, -0.25) is 14.3 Å². The first-order valence-corrected chi connectivity index (χ1v) is 13.3. The first kappa shape index (κ1) is 25.6. The number of nitrogen functional groups attached to an aromatic ring is 1. The van der Waals surface area contributed by atoms with Crippen LogP contribution in [0.5, 0.6) is 0 Å². The molecule has 0 spiro atoms. The lowest BCUT2D eigenvalue weighted by Crippen LogP contribution is -2.25. The third kappa shape index (κ3) is 4.56. The van der Waals surface area contributed by atoms with E-state index in [0.717, 1.165) is 35.3 Å². The van der Waals surface area contributed by atoms with Gasteiger partial charge in [0, 0.05) is 24.0 Å². The zero-order valence-corrected chi connectivity index (χ0v) is 22.5. The Labute approximate surface area is 230 Å². The molecular formula is C30H31N7O3. The van der Waals surface area contributed by atoms with Crippen molar-refractivity contribution in [1.82, 2.24) is 23.9 Å². The number of hydrogen-bond acceptors (Lipinski definition) is 6. The number of nitrogens with zero attached hydrogens (tertiary/aromatic N) is 5. The minimum absolute atomic E-state index is 0.187. The second kappa shape index (κ2) is 9.80. The van der Waals surface area contributed by atoms with Gasteiger partial charge < -0.3 is 20.7 Å². The fourth-order valence-corrected chi connectivity index (χ4v) is 5.52. The van der Waals surface area contributed by atoms with Crippen molar-refractivity contribution in [2.75, 3.05) is 11.1 Å². The van der Waals surface area contributed by atoms with Crippen molar-refractivity contribution in [3.8, 4) is 16.8 Å². The van der Waals surface area contributed by atoms with Crippen molar-refractivity contribution < 1.29 is 9.90 Å². The van der Waals surface area contributed by atoms with E-state index in [9.17, 15) is 14.7 Å². The minimum Gasteiger partial charge on any atom is -0.389 e. The monoisotopic (exact) mass is 537 g/mol. The summed E-state index contributed by atoms with van der Waals surface area (Å²) in [6.07, 6.45) is 5.88. The number of aliphatic hydroxyl groups is 1. The largest absolute Gasteiger partial charge is 0.389 e. The number of hydrogen-bond donors (Lipinski definition) is 3. The number of carbonyl (C=O) groups is 1. The van der Waals surface area contributed by atoms with E-state index in [1.165, 1.54) is 6.33 Å². The molecule has 0 fully saturated rings. The molecular weight excluding hydrogens is 506 g/mol. The summed E-state index contributed by atoms with van der Waals surface area (Å²) in [6.45, 7) is 4.49. The van der Waals surface area contributed by atoms with Gasteiger partial charge in [0.2, 0.25) is 0 Å². The van der Waals surface area contributed by atoms with Gasteiger partial charge in [0.1, 0.15) is 23.4 Å². The number of para-hydroxylation sites is 1. The highest BCUT2D eigenvalue weighted by atomic mass is 16.3. The third-order valence-corrected chi connectivity index (χ3v) is 7.20. The molecule has 6 rings (SSSR count). The average molecular weight is 538 g/mol. The van der Waals surface area contributed by atoms with Crippen LogP contribution in [0.15, 0.2) is 71.9 Å². The summed E-state index contributed by atoms with van der Waals surface area (Å²) >= 11 is 0. The third-order valence-electron chi connectivity index (χ3n) is 7.20. The van der Waals surface area contributed by atoms with Gasteiger partial charge >= 0.3 is 0 Å². The zero-order chi connectivity index (χ0) is 28.0. The van der Waals surface area contributed by atoms with Crippen LogP contribution >= 0.6 is 0 Å². The summed E-state index contributed by atoms with van der Waals surface area (Å²) in [7, 11) is 0. The second-order valence-corrected chi connectivity index (χ2v) is 10.8. The quantitative estimate of drug-likeness (QED) is 0.300. The van der Waals surface area contributed by atoms with Crippen LogP contribution in [0.3, 0.4) is 0 Å². The maximum absolute atomic E-state index is 13.5. The Morgan fingerprint density at radius 2 is 1.82 bits per heavy atom. The van der Waals surface area contributed by atoms with E-state index in [1.54, 1.807) is 30.7 Å². The van der Waals surface area contributed by atoms with Gasteiger partial charge in [0.05, 0.1) is 28.9 Å². The minimum atomic E-state index is -0.950. The van der Waals surface area contributed by atoms with Crippen LogP contribution < -0.4 is 16.6 Å². The van der Waals surface area contributed by atoms with Gasteiger partial charge in [-0.25, -0.2) is 14.6 Å². The molecule has 10 nitrogen and oxygen atoms in total. The number of benzene rings is 2. The Hall–Kier alpha value is -4.70. The summed E-state index contributed by atoms with van der Waals surface area (Å²) in [5, 5.41) is 14.0. The maximum Gasteiger partial charge on any atom is 0.284 e. The molecule has 5 aromatic rings. The Kier molecular flexibility index (Phi) is 6.26. The molecule has 3 aromatic heterocycles. The Bertz CT molecular complexity index is 1770. The van der Waals surface area contributed by atoms with Gasteiger partial charge in [-0.1, -0.05) is 30.3 Å². The topological polar surface area (TPSA) is 133 Å². The number of anilines is 2. The highest BCUT2D eigenvalue weighted by Crippen LogP contribution is 2.34. The molecule has 1 aliphatic rings. The van der Waals surface area contributed by atoms with E-state index in [-0.39, 0.29) is 11.1 Å². The number of nitrogens with two attached hydrogens (primary N) is 1. The van der Waals surface area contributed by atoms with Crippen LogP contribution in [0.1, 0.15) is 42.7 Å². The van der Waals surface area contributed by atoms with Gasteiger partial charge in [0.15, 0.2) is 0 Å². The molecule has 0 bridgehead atoms. The van der Waals surface area contributed by atoms with Crippen molar-refractivity contribution in [3.63, 3.8) is 0 Å². The lowest BCUT2D eigenvalue weighted by atomic mass is 10.0. The van der Waals surface area contributed by atoms with E-state index < -0.39 is 11.5 Å². The predicted molar refractivity (Wildman–Crippen MR) is 155 cm³/mol. The summed E-state index contributed by atoms with van der Waals surface area (Å²) in [4.78, 5) is 35.5. The van der Waals surface area contributed by atoms with Crippen molar-refractivity contribution in [2.24, 2.45) is 0 Å². The van der Waals surface area contributed by atoms with Crippen molar-refractivity contribution in [2.45, 2.75) is 51.8 Å². The number of carbonyl (C=O) groups excluding carboxylic acids is 1. The molecule has 4 N–H and O–H groups in total. The molecule has 0 unspecified atom stereocenters. The fourth-order valence-electron chi connectivity index (χ4n) is 5.52. The summed E-state index contributed by atoms with van der Waals surface area (Å²) in [5.74, 6) is -0.0717. The molecule has 0 radical (unpaired) electrons. The van der Waals surface area contributed by atoms with Crippen LogP contribution in [-0.2, 0) is 19.5 Å². The number of rotatable bonds is 6. The highest BCUT2D eigenvalue weighted by molar-refractivity contribution is 6.05. The number of aromatic nitrogens is 5. The predicted octanol–water partition coefficient (Wildman–Crippen LogP) is 3.99. The number of fused-ring (bicyclic) bond motifs is 2. The average Bonchev–Trinajstić information content (AvgIpc) is 3.44. The smallest absolute Gasteiger partial charge is 0.284 e. The van der Waals surface area contributed by atoms with Gasteiger partial charge in [-0.2, -0.15) is 0 Å². The molecule has 2 aromatic carbocycles. The van der Waals surface area contributed by atoms with Crippen molar-refractivity contribution in [1.29, 1.82) is 0 Å². The van der Waals surface area contributed by atoms with Crippen molar-refractivity contribution >= 4 is 28.4 Å². The summed E-state index contributed by atoms with van der Waals surface area (Å²) in [6, 6.07) is 16.8. The van der Waals surface area contributed by atoms with E-state index in [0.29, 0.717) is 42.0 Å². The second-order valence-electron chi connectivity index (χ2n) is 10.8. The van der Waals surface area contributed by atoms with E-state index in [2.05, 4.69) is 15.3 Å². The van der Waals surface area contributed by atoms with Gasteiger partial charge in [-0.05, 0) is 62.9 Å². The van der Waals surface area contributed by atoms with Crippen molar-refractivity contribution in [3.05, 3.63) is 88.7 Å². The lowest BCUT2D eigenvalue weighted by molar-refractivity contribution is 0.0627. The fraction of sp³-hybridized carbons (Fsp3) is 0.267. The molecule has 4 heterocycles. The Morgan fingerprint density at radius 3 is 2.55 bits per heavy atom. The molecule has 0 aliphatic carbocycles. The lowest BCUT2D eigenvalue weighted by Gasteiger charge is -2.19. The first-order chi connectivity index (χ1) is 19.2. The Balaban J connectivity index is 1.32. The molecule has 0 atom stereocenters. The SMILES string of the molecule is CC(C)(O)Cn1cc(-c2ccc(NC(=O)c3c4n(n(-c5ccccc5)c3=O)CCCC4)cc2)c2c(N)ncnc21. The first-order valence-electron chi connectivity index (χ1n) is 13.3. The molecule has 0 saturated heterocycles.